The molecule has 2 aromatic rings. The Morgan fingerprint density at radius 2 is 1.96 bits per heavy atom. The van der Waals surface area contributed by atoms with E-state index in [1.807, 2.05) is 13.8 Å². The van der Waals surface area contributed by atoms with Crippen LogP contribution >= 0.6 is 11.3 Å². The van der Waals surface area contributed by atoms with Crippen molar-refractivity contribution in [2.75, 3.05) is 19.7 Å². The minimum atomic E-state index is -0.620. The number of carbonyl (C=O) groups is 2. The highest BCUT2D eigenvalue weighted by molar-refractivity contribution is 7.20. The number of morpholine rings is 1. The van der Waals surface area contributed by atoms with E-state index in [0.29, 0.717) is 39.6 Å². The molecule has 1 saturated heterocycles. The first-order chi connectivity index (χ1) is 12.3. The fourth-order valence-corrected chi connectivity index (χ4v) is 4.23. The van der Waals surface area contributed by atoms with E-state index in [4.69, 9.17) is 9.47 Å². The summed E-state index contributed by atoms with van der Waals surface area (Å²) >= 11 is 1.10. The van der Waals surface area contributed by atoms with Gasteiger partial charge in [0.15, 0.2) is 6.61 Å². The van der Waals surface area contributed by atoms with Crippen LogP contribution in [0.3, 0.4) is 0 Å². The number of nitrogens with zero attached hydrogens (tertiary/aromatic N) is 2. The molecule has 0 spiro atoms. The second kappa shape index (κ2) is 7.16. The summed E-state index contributed by atoms with van der Waals surface area (Å²) in [7, 11) is 0. The van der Waals surface area contributed by atoms with Crippen molar-refractivity contribution in [3.05, 3.63) is 26.6 Å². The van der Waals surface area contributed by atoms with Crippen LogP contribution in [0.25, 0.3) is 10.2 Å². The van der Waals surface area contributed by atoms with Gasteiger partial charge in [-0.05, 0) is 33.3 Å². The fraction of sp³-hybridized carbons (Fsp3) is 0.529. The van der Waals surface area contributed by atoms with Gasteiger partial charge in [-0.15, -0.1) is 11.3 Å². The lowest BCUT2D eigenvalue weighted by Crippen LogP contribution is -2.49. The molecule has 140 valence electrons. The van der Waals surface area contributed by atoms with Crippen molar-refractivity contribution in [2.45, 2.75) is 39.9 Å². The van der Waals surface area contributed by atoms with Crippen molar-refractivity contribution in [2.24, 2.45) is 0 Å². The van der Waals surface area contributed by atoms with E-state index in [0.717, 1.165) is 11.3 Å². The average Bonchev–Trinajstić information content (AvgIpc) is 2.88. The number of ether oxygens (including phenoxy) is 2. The predicted molar refractivity (Wildman–Crippen MR) is 96.6 cm³/mol. The van der Waals surface area contributed by atoms with Crippen LogP contribution in [-0.2, 0) is 14.3 Å². The van der Waals surface area contributed by atoms with Crippen LogP contribution in [0, 0.1) is 13.8 Å². The number of fused-ring (bicyclic) bond motifs is 1. The molecule has 2 aromatic heterocycles. The number of aryl methyl sites for hydroxylation is 2. The van der Waals surface area contributed by atoms with Gasteiger partial charge in [0.1, 0.15) is 15.5 Å². The van der Waals surface area contributed by atoms with E-state index in [2.05, 4.69) is 9.97 Å². The molecule has 1 amide bonds. The second-order valence-electron chi connectivity index (χ2n) is 6.52. The normalized spacial score (nSPS) is 20.4. The number of thiophene rings is 1. The summed E-state index contributed by atoms with van der Waals surface area (Å²) in [6.07, 6.45) is -0.103. The fourth-order valence-electron chi connectivity index (χ4n) is 3.11. The third kappa shape index (κ3) is 3.63. The zero-order chi connectivity index (χ0) is 19.0. The molecule has 1 aliphatic rings. The summed E-state index contributed by atoms with van der Waals surface area (Å²) in [5, 5.41) is 0.384. The van der Waals surface area contributed by atoms with Crippen molar-refractivity contribution in [1.82, 2.24) is 14.9 Å². The zero-order valence-electron chi connectivity index (χ0n) is 15.1. The number of H-pyrrole nitrogens is 1. The number of rotatable bonds is 3. The molecule has 0 unspecified atom stereocenters. The van der Waals surface area contributed by atoms with Gasteiger partial charge in [0.25, 0.3) is 11.5 Å². The number of carbonyl (C=O) groups excluding carboxylic acids is 2. The Morgan fingerprint density at radius 3 is 2.62 bits per heavy atom. The van der Waals surface area contributed by atoms with Crippen LogP contribution < -0.4 is 5.56 Å². The first-order valence-corrected chi connectivity index (χ1v) is 9.18. The van der Waals surface area contributed by atoms with Crippen molar-refractivity contribution < 1.29 is 19.1 Å². The van der Waals surface area contributed by atoms with Gasteiger partial charge in [-0.25, -0.2) is 9.78 Å². The summed E-state index contributed by atoms with van der Waals surface area (Å²) in [6, 6.07) is 0. The standard InChI is InChI=1S/C17H21N3O5S/c1-8-5-20(6-9(2)25-8)12(21)7-24-17(23)14-10(3)13-15(22)18-11(4)19-16(13)26-14/h8-9H,5-7H2,1-4H3,(H,18,19,22)/t8-,9+. The number of aromatic nitrogens is 2. The Labute approximate surface area is 154 Å². The third-order valence-corrected chi connectivity index (χ3v) is 5.37. The monoisotopic (exact) mass is 379 g/mol. The molecule has 3 heterocycles. The molecule has 0 aliphatic carbocycles. The Kier molecular flexibility index (Phi) is 5.10. The zero-order valence-corrected chi connectivity index (χ0v) is 15.9. The molecule has 3 rings (SSSR count). The maximum Gasteiger partial charge on any atom is 0.349 e. The quantitative estimate of drug-likeness (QED) is 0.809. The molecule has 0 radical (unpaired) electrons. The Balaban J connectivity index is 1.72. The Morgan fingerprint density at radius 1 is 1.31 bits per heavy atom. The lowest BCUT2D eigenvalue weighted by Gasteiger charge is -2.35. The summed E-state index contributed by atoms with van der Waals surface area (Å²) in [5.74, 6) is -0.398. The maximum absolute atomic E-state index is 12.4. The van der Waals surface area contributed by atoms with Crippen LogP contribution in [0.4, 0.5) is 0 Å². The van der Waals surface area contributed by atoms with Gasteiger partial charge in [-0.3, -0.25) is 9.59 Å². The van der Waals surface area contributed by atoms with Gasteiger partial charge >= 0.3 is 5.97 Å². The minimum absolute atomic E-state index is 0.0516. The van der Waals surface area contributed by atoms with E-state index >= 15 is 0 Å². The third-order valence-electron chi connectivity index (χ3n) is 4.20. The lowest BCUT2D eigenvalue weighted by molar-refractivity contribution is -0.146. The SMILES string of the molecule is Cc1nc2sc(C(=O)OCC(=O)N3C[C@@H](C)O[C@@H](C)C3)c(C)c2c(=O)[nH]1. The van der Waals surface area contributed by atoms with Gasteiger partial charge < -0.3 is 19.4 Å². The van der Waals surface area contributed by atoms with Gasteiger partial charge in [0.2, 0.25) is 0 Å². The number of hydrogen-bond donors (Lipinski definition) is 1. The summed E-state index contributed by atoms with van der Waals surface area (Å²) in [5.41, 5.74) is 0.234. The smallest absolute Gasteiger partial charge is 0.349 e. The molecule has 1 N–H and O–H groups in total. The predicted octanol–water partition coefficient (Wildman–Crippen LogP) is 1.39. The van der Waals surface area contributed by atoms with E-state index in [-0.39, 0.29) is 30.3 Å². The highest BCUT2D eigenvalue weighted by Crippen LogP contribution is 2.27. The van der Waals surface area contributed by atoms with Gasteiger partial charge in [-0.2, -0.15) is 0 Å². The molecule has 9 heteroatoms. The van der Waals surface area contributed by atoms with Crippen LogP contribution in [-0.4, -0.2) is 58.6 Å². The highest BCUT2D eigenvalue weighted by Gasteiger charge is 2.27. The summed E-state index contributed by atoms with van der Waals surface area (Å²) in [6.45, 7) is 7.76. The lowest BCUT2D eigenvalue weighted by atomic mass is 10.2. The van der Waals surface area contributed by atoms with Crippen molar-refractivity contribution in [3.8, 4) is 0 Å². The molecular weight excluding hydrogens is 358 g/mol. The minimum Gasteiger partial charge on any atom is -0.451 e. The number of esters is 1. The summed E-state index contributed by atoms with van der Waals surface area (Å²) in [4.78, 5) is 46.1. The molecule has 8 nitrogen and oxygen atoms in total. The van der Waals surface area contributed by atoms with Crippen LogP contribution in [0.5, 0.6) is 0 Å². The van der Waals surface area contributed by atoms with E-state index in [1.165, 1.54) is 0 Å². The van der Waals surface area contributed by atoms with Crippen LogP contribution in [0.1, 0.15) is 34.9 Å². The van der Waals surface area contributed by atoms with Crippen LogP contribution in [0.2, 0.25) is 0 Å². The molecule has 1 aliphatic heterocycles. The number of amides is 1. The van der Waals surface area contributed by atoms with E-state index in [1.54, 1.807) is 18.7 Å². The maximum atomic E-state index is 12.4. The largest absolute Gasteiger partial charge is 0.451 e. The topological polar surface area (TPSA) is 102 Å². The second-order valence-corrected chi connectivity index (χ2v) is 7.52. The molecule has 1 fully saturated rings. The van der Waals surface area contributed by atoms with E-state index in [9.17, 15) is 14.4 Å². The van der Waals surface area contributed by atoms with Crippen LogP contribution in [0.15, 0.2) is 4.79 Å². The molecule has 0 saturated carbocycles. The molecule has 26 heavy (non-hydrogen) atoms. The van der Waals surface area contributed by atoms with Gasteiger partial charge in [0.05, 0.1) is 17.6 Å². The van der Waals surface area contributed by atoms with Crippen molar-refractivity contribution in [1.29, 1.82) is 0 Å². The molecule has 0 aromatic carbocycles. The van der Waals surface area contributed by atoms with Crippen molar-refractivity contribution >= 4 is 33.4 Å². The molecular formula is C17H21N3O5S. The van der Waals surface area contributed by atoms with Crippen molar-refractivity contribution in [3.63, 3.8) is 0 Å². The number of nitrogens with one attached hydrogen (secondary N) is 1. The Bertz CT molecular complexity index is 909. The Hall–Kier alpha value is -2.26. The first kappa shape index (κ1) is 18.5. The molecule has 2 atom stereocenters. The van der Waals surface area contributed by atoms with Gasteiger partial charge in [-0.1, -0.05) is 0 Å². The number of hydrogen-bond acceptors (Lipinski definition) is 7. The average molecular weight is 379 g/mol. The number of aromatic amines is 1. The highest BCUT2D eigenvalue weighted by atomic mass is 32.1. The first-order valence-electron chi connectivity index (χ1n) is 8.36. The van der Waals surface area contributed by atoms with E-state index < -0.39 is 5.97 Å². The summed E-state index contributed by atoms with van der Waals surface area (Å²) < 4.78 is 10.8. The van der Waals surface area contributed by atoms with Gasteiger partial charge in [0, 0.05) is 13.1 Å². The molecule has 0 bridgehead atoms.